The van der Waals surface area contributed by atoms with E-state index in [1.54, 1.807) is 0 Å². The Labute approximate surface area is 139 Å². The first-order valence-electron chi connectivity index (χ1n) is 6.98. The molecule has 1 amide bonds. The van der Waals surface area contributed by atoms with Crippen molar-refractivity contribution in [2.75, 3.05) is 31.5 Å². The van der Waals surface area contributed by atoms with Gasteiger partial charge < -0.3 is 15.5 Å². The topological polar surface area (TPSA) is 44.4 Å². The Morgan fingerprint density at radius 1 is 1.38 bits per heavy atom. The van der Waals surface area contributed by atoms with Gasteiger partial charge in [-0.1, -0.05) is 18.2 Å². The van der Waals surface area contributed by atoms with Gasteiger partial charge in [0.25, 0.3) is 0 Å². The van der Waals surface area contributed by atoms with Crippen LogP contribution in [0.15, 0.2) is 24.3 Å². The van der Waals surface area contributed by atoms with E-state index in [0.717, 1.165) is 25.3 Å². The second-order valence-electron chi connectivity index (χ2n) is 5.13. The predicted octanol–water partition coefficient (Wildman–Crippen LogP) is 2.46. The summed E-state index contributed by atoms with van der Waals surface area (Å²) in [7, 11) is 0. The summed E-state index contributed by atoms with van der Waals surface area (Å²) in [6, 6.07) is 8.46. The van der Waals surface area contributed by atoms with E-state index in [0.29, 0.717) is 19.0 Å². The van der Waals surface area contributed by atoms with E-state index in [4.69, 9.17) is 0 Å². The van der Waals surface area contributed by atoms with Crippen molar-refractivity contribution < 1.29 is 4.79 Å². The van der Waals surface area contributed by atoms with E-state index in [-0.39, 0.29) is 30.7 Å². The molecule has 1 aromatic rings. The average Bonchev–Trinajstić information content (AvgIpc) is 2.41. The Morgan fingerprint density at radius 2 is 2.10 bits per heavy atom. The highest BCUT2D eigenvalue weighted by atomic mass is 35.5. The third-order valence-corrected chi connectivity index (χ3v) is 3.62. The maximum absolute atomic E-state index is 12.1. The molecule has 0 bridgehead atoms. The molecule has 1 heterocycles. The van der Waals surface area contributed by atoms with Crippen LogP contribution in [0.25, 0.3) is 0 Å². The minimum atomic E-state index is 0. The normalized spacial score (nSPS) is 17.4. The molecule has 6 heteroatoms. The highest BCUT2D eigenvalue weighted by Gasteiger charge is 2.22. The van der Waals surface area contributed by atoms with E-state index in [2.05, 4.69) is 30.5 Å². The summed E-state index contributed by atoms with van der Waals surface area (Å²) in [6.45, 7) is 7.49. The van der Waals surface area contributed by atoms with Crippen LogP contribution in [0.2, 0.25) is 0 Å². The van der Waals surface area contributed by atoms with E-state index < -0.39 is 0 Å². The lowest BCUT2D eigenvalue weighted by Crippen LogP contribution is -2.52. The first kappa shape index (κ1) is 20.0. The maximum Gasteiger partial charge on any atom is 0.224 e. The van der Waals surface area contributed by atoms with Crippen molar-refractivity contribution in [2.24, 2.45) is 0 Å². The van der Waals surface area contributed by atoms with Crippen LogP contribution in [0.5, 0.6) is 0 Å². The monoisotopic (exact) mass is 333 g/mol. The number of carbonyl (C=O) groups excluding carboxylic acids is 1. The number of benzene rings is 1. The summed E-state index contributed by atoms with van der Waals surface area (Å²) in [5, 5.41) is 6.63. The number of para-hydroxylation sites is 1. The zero-order valence-electron chi connectivity index (χ0n) is 12.6. The van der Waals surface area contributed by atoms with E-state index in [1.807, 2.05) is 23.1 Å². The number of piperazine rings is 1. The van der Waals surface area contributed by atoms with Crippen molar-refractivity contribution in [1.82, 2.24) is 10.2 Å². The molecule has 120 valence electrons. The molecule has 0 aromatic heterocycles. The Hall–Kier alpha value is -0.970. The van der Waals surface area contributed by atoms with Crippen molar-refractivity contribution in [3.63, 3.8) is 0 Å². The average molecular weight is 334 g/mol. The van der Waals surface area contributed by atoms with Gasteiger partial charge in [-0.3, -0.25) is 4.79 Å². The van der Waals surface area contributed by atoms with E-state index in [1.165, 1.54) is 5.56 Å². The fraction of sp³-hybridized carbons (Fsp3) is 0.533. The van der Waals surface area contributed by atoms with Crippen LogP contribution < -0.4 is 10.6 Å². The minimum Gasteiger partial charge on any atom is -0.384 e. The number of hydrogen-bond acceptors (Lipinski definition) is 3. The van der Waals surface area contributed by atoms with Gasteiger partial charge in [-0.2, -0.15) is 0 Å². The molecule has 2 rings (SSSR count). The molecule has 2 N–H and O–H groups in total. The molecule has 1 aromatic carbocycles. The Kier molecular flexibility index (Phi) is 9.42. The Bertz CT molecular complexity index is 443. The van der Waals surface area contributed by atoms with Crippen molar-refractivity contribution >= 4 is 36.4 Å². The smallest absolute Gasteiger partial charge is 0.224 e. The summed E-state index contributed by atoms with van der Waals surface area (Å²) in [4.78, 5) is 14.1. The first-order chi connectivity index (χ1) is 9.18. The number of anilines is 1. The maximum atomic E-state index is 12.1. The summed E-state index contributed by atoms with van der Waals surface area (Å²) in [6.07, 6.45) is 0.554. The van der Waals surface area contributed by atoms with E-state index in [9.17, 15) is 4.79 Å². The van der Waals surface area contributed by atoms with E-state index >= 15 is 0 Å². The lowest BCUT2D eigenvalue weighted by molar-refractivity contribution is -0.133. The number of halogens is 2. The molecule has 1 fully saturated rings. The molecule has 0 unspecified atom stereocenters. The molecule has 1 aliphatic rings. The second-order valence-corrected chi connectivity index (χ2v) is 5.13. The lowest BCUT2D eigenvalue weighted by Gasteiger charge is -2.34. The zero-order valence-corrected chi connectivity index (χ0v) is 14.2. The van der Waals surface area contributed by atoms with Gasteiger partial charge in [-0.25, -0.2) is 0 Å². The molecule has 0 radical (unpaired) electrons. The summed E-state index contributed by atoms with van der Waals surface area (Å²) < 4.78 is 0. The summed E-state index contributed by atoms with van der Waals surface area (Å²) in [5.74, 6) is 0.245. The molecule has 0 saturated carbocycles. The fourth-order valence-corrected chi connectivity index (χ4v) is 2.43. The second kappa shape index (κ2) is 9.87. The molecule has 1 saturated heterocycles. The molecule has 0 spiro atoms. The number of hydrogen-bond donors (Lipinski definition) is 2. The highest BCUT2D eigenvalue weighted by molar-refractivity contribution is 5.85. The number of nitrogens with one attached hydrogen (secondary N) is 2. The highest BCUT2D eigenvalue weighted by Crippen LogP contribution is 2.13. The van der Waals surface area contributed by atoms with Gasteiger partial charge >= 0.3 is 0 Å². The standard InChI is InChI=1S/C15H23N3O.2ClH/c1-12-5-3-4-6-14(12)17-8-7-15(19)18-10-9-16-11-13(18)2;;/h3-6,13,16-17H,7-11H2,1-2H3;2*1H/t13-;;/m0../s1. The zero-order chi connectivity index (χ0) is 13.7. The minimum absolute atomic E-state index is 0. The lowest BCUT2D eigenvalue weighted by atomic mass is 10.2. The summed E-state index contributed by atoms with van der Waals surface area (Å²) in [5.41, 5.74) is 2.33. The molecule has 4 nitrogen and oxygen atoms in total. The third kappa shape index (κ3) is 5.73. The molecular weight excluding hydrogens is 309 g/mol. The Morgan fingerprint density at radius 3 is 2.76 bits per heavy atom. The largest absolute Gasteiger partial charge is 0.384 e. The predicted molar refractivity (Wildman–Crippen MR) is 92.8 cm³/mol. The quantitative estimate of drug-likeness (QED) is 0.889. The molecule has 0 aliphatic carbocycles. The van der Waals surface area contributed by atoms with Crippen LogP contribution in [-0.4, -0.2) is 43.0 Å². The Balaban J connectivity index is 0.00000200. The van der Waals surface area contributed by atoms with Crippen molar-refractivity contribution in [1.29, 1.82) is 0 Å². The number of aryl methyl sites for hydroxylation is 1. The first-order valence-corrected chi connectivity index (χ1v) is 6.98. The fourth-order valence-electron chi connectivity index (χ4n) is 2.43. The van der Waals surface area contributed by atoms with Crippen LogP contribution in [0.3, 0.4) is 0 Å². The van der Waals surface area contributed by atoms with Crippen LogP contribution in [0, 0.1) is 6.92 Å². The van der Waals surface area contributed by atoms with Gasteiger partial charge in [-0.15, -0.1) is 24.8 Å². The van der Waals surface area contributed by atoms with Gasteiger partial charge in [-0.05, 0) is 25.5 Å². The van der Waals surface area contributed by atoms with Crippen molar-refractivity contribution in [2.45, 2.75) is 26.3 Å². The van der Waals surface area contributed by atoms with Crippen LogP contribution in [0.4, 0.5) is 5.69 Å². The number of carbonyl (C=O) groups is 1. The number of nitrogens with zero attached hydrogens (tertiary/aromatic N) is 1. The molecule has 21 heavy (non-hydrogen) atoms. The van der Waals surface area contributed by atoms with Crippen LogP contribution in [-0.2, 0) is 4.79 Å². The number of rotatable bonds is 4. The van der Waals surface area contributed by atoms with Gasteiger partial charge in [0.1, 0.15) is 0 Å². The van der Waals surface area contributed by atoms with Crippen molar-refractivity contribution in [3.8, 4) is 0 Å². The number of amides is 1. The van der Waals surface area contributed by atoms with Gasteiger partial charge in [0.2, 0.25) is 5.91 Å². The van der Waals surface area contributed by atoms with Gasteiger partial charge in [0.05, 0.1) is 0 Å². The van der Waals surface area contributed by atoms with Gasteiger partial charge in [0.15, 0.2) is 0 Å². The molecule has 1 aliphatic heterocycles. The summed E-state index contributed by atoms with van der Waals surface area (Å²) >= 11 is 0. The molecular formula is C15H25Cl2N3O. The van der Waals surface area contributed by atoms with Gasteiger partial charge in [0, 0.05) is 44.3 Å². The van der Waals surface area contributed by atoms with Crippen molar-refractivity contribution in [3.05, 3.63) is 29.8 Å². The van der Waals surface area contributed by atoms with Crippen LogP contribution >= 0.6 is 24.8 Å². The SMILES string of the molecule is Cc1ccccc1NCCC(=O)N1CCNC[C@@H]1C.Cl.Cl. The van der Waals surface area contributed by atoms with Crippen LogP contribution in [0.1, 0.15) is 18.9 Å². The molecule has 1 atom stereocenters. The third-order valence-electron chi connectivity index (χ3n) is 3.62.